The minimum Gasteiger partial charge on any atom is -0.255 e. The quantitative estimate of drug-likeness (QED) is 0.699. The summed E-state index contributed by atoms with van der Waals surface area (Å²) in [6.45, 7) is 0. The minimum absolute atomic E-state index is 0.890. The fraction of sp³-hybridized carbons (Fsp3) is 0. The van der Waals surface area contributed by atoms with Gasteiger partial charge in [0.15, 0.2) is 0 Å². The standard InChI is InChI=1S/C18H14N2/c1-2-7-15(8-3-1)11-12-16-9-6-14-20-18(16)17-10-4-5-13-19-17/h1-14H. The highest BCUT2D eigenvalue weighted by Crippen LogP contribution is 2.20. The highest BCUT2D eigenvalue weighted by Gasteiger charge is 2.04. The Labute approximate surface area is 118 Å². The van der Waals surface area contributed by atoms with Crippen molar-refractivity contribution in [1.29, 1.82) is 0 Å². The first-order valence-corrected chi connectivity index (χ1v) is 6.53. The normalized spacial score (nSPS) is 10.8. The van der Waals surface area contributed by atoms with Gasteiger partial charge < -0.3 is 0 Å². The van der Waals surface area contributed by atoms with Gasteiger partial charge in [-0.3, -0.25) is 9.97 Å². The van der Waals surface area contributed by atoms with Gasteiger partial charge in [-0.05, 0) is 23.8 Å². The predicted molar refractivity (Wildman–Crippen MR) is 82.8 cm³/mol. The SMILES string of the molecule is C(=Cc1cccnc1-c1ccccn1)c1ccccc1. The van der Waals surface area contributed by atoms with Gasteiger partial charge in [-0.1, -0.05) is 54.6 Å². The summed E-state index contributed by atoms with van der Waals surface area (Å²) < 4.78 is 0. The largest absolute Gasteiger partial charge is 0.255 e. The van der Waals surface area contributed by atoms with Gasteiger partial charge in [0, 0.05) is 18.0 Å². The van der Waals surface area contributed by atoms with Gasteiger partial charge >= 0.3 is 0 Å². The van der Waals surface area contributed by atoms with Crippen LogP contribution in [0.15, 0.2) is 73.1 Å². The predicted octanol–water partition coefficient (Wildman–Crippen LogP) is 4.31. The summed E-state index contributed by atoms with van der Waals surface area (Å²) in [6, 6.07) is 20.1. The van der Waals surface area contributed by atoms with E-state index in [1.165, 1.54) is 5.56 Å². The summed E-state index contributed by atoms with van der Waals surface area (Å²) in [5, 5.41) is 0. The molecule has 0 atom stereocenters. The molecule has 0 bridgehead atoms. The van der Waals surface area contributed by atoms with E-state index >= 15 is 0 Å². The maximum absolute atomic E-state index is 4.45. The summed E-state index contributed by atoms with van der Waals surface area (Å²) in [5.41, 5.74) is 4.03. The summed E-state index contributed by atoms with van der Waals surface area (Å²) in [5.74, 6) is 0. The molecule has 1 aromatic carbocycles. The van der Waals surface area contributed by atoms with Crippen molar-refractivity contribution in [3.8, 4) is 11.4 Å². The van der Waals surface area contributed by atoms with Crippen molar-refractivity contribution in [2.45, 2.75) is 0 Å². The molecule has 20 heavy (non-hydrogen) atoms. The van der Waals surface area contributed by atoms with Crippen LogP contribution in [0.5, 0.6) is 0 Å². The Morgan fingerprint density at radius 2 is 1.45 bits per heavy atom. The van der Waals surface area contributed by atoms with E-state index in [0.717, 1.165) is 17.0 Å². The third-order valence-electron chi connectivity index (χ3n) is 3.00. The average Bonchev–Trinajstić information content (AvgIpc) is 2.55. The van der Waals surface area contributed by atoms with Gasteiger partial charge in [-0.25, -0.2) is 0 Å². The molecular weight excluding hydrogens is 244 g/mol. The molecule has 2 nitrogen and oxygen atoms in total. The lowest BCUT2D eigenvalue weighted by molar-refractivity contribution is 1.24. The van der Waals surface area contributed by atoms with Crippen molar-refractivity contribution >= 4 is 12.2 Å². The van der Waals surface area contributed by atoms with E-state index in [1.54, 1.807) is 12.4 Å². The summed E-state index contributed by atoms with van der Waals surface area (Å²) in [4.78, 5) is 8.82. The average molecular weight is 258 g/mol. The van der Waals surface area contributed by atoms with Crippen LogP contribution in [0.2, 0.25) is 0 Å². The van der Waals surface area contributed by atoms with Crippen LogP contribution >= 0.6 is 0 Å². The molecule has 0 aliphatic heterocycles. The van der Waals surface area contributed by atoms with E-state index in [2.05, 4.69) is 40.3 Å². The Morgan fingerprint density at radius 1 is 0.650 bits per heavy atom. The number of aromatic nitrogens is 2. The van der Waals surface area contributed by atoms with Crippen LogP contribution in [0.4, 0.5) is 0 Å². The third-order valence-corrected chi connectivity index (χ3v) is 3.00. The Kier molecular flexibility index (Phi) is 3.65. The lowest BCUT2D eigenvalue weighted by Crippen LogP contribution is -1.89. The highest BCUT2D eigenvalue weighted by molar-refractivity contribution is 5.77. The fourth-order valence-electron chi connectivity index (χ4n) is 2.02. The number of benzene rings is 1. The lowest BCUT2D eigenvalue weighted by Gasteiger charge is -2.03. The molecule has 2 heteroatoms. The fourth-order valence-corrected chi connectivity index (χ4v) is 2.02. The number of hydrogen-bond donors (Lipinski definition) is 0. The second-order valence-electron chi connectivity index (χ2n) is 4.40. The second kappa shape index (κ2) is 5.93. The van der Waals surface area contributed by atoms with E-state index in [4.69, 9.17) is 0 Å². The van der Waals surface area contributed by atoms with Gasteiger partial charge in [0.1, 0.15) is 0 Å². The lowest BCUT2D eigenvalue weighted by atomic mass is 10.1. The molecule has 0 saturated heterocycles. The first-order valence-electron chi connectivity index (χ1n) is 6.53. The molecule has 96 valence electrons. The molecule has 0 unspecified atom stereocenters. The molecule has 0 spiro atoms. The Bertz CT molecular complexity index is 704. The molecule has 3 aromatic rings. The van der Waals surface area contributed by atoms with Crippen LogP contribution in [0.3, 0.4) is 0 Å². The number of rotatable bonds is 3. The molecular formula is C18H14N2. The highest BCUT2D eigenvalue weighted by atomic mass is 14.8. The van der Waals surface area contributed by atoms with Crippen LogP contribution in [-0.4, -0.2) is 9.97 Å². The molecule has 0 N–H and O–H groups in total. The zero-order valence-corrected chi connectivity index (χ0v) is 11.0. The number of pyridine rings is 2. The van der Waals surface area contributed by atoms with Gasteiger partial charge in [0.2, 0.25) is 0 Å². The Morgan fingerprint density at radius 3 is 2.25 bits per heavy atom. The summed E-state index contributed by atoms with van der Waals surface area (Å²) in [6.07, 6.45) is 7.74. The van der Waals surface area contributed by atoms with Crippen LogP contribution in [-0.2, 0) is 0 Å². The Balaban J connectivity index is 1.97. The van der Waals surface area contributed by atoms with Crippen molar-refractivity contribution in [3.63, 3.8) is 0 Å². The number of hydrogen-bond acceptors (Lipinski definition) is 2. The van der Waals surface area contributed by atoms with Gasteiger partial charge in [0.25, 0.3) is 0 Å². The van der Waals surface area contributed by atoms with E-state index in [0.29, 0.717) is 0 Å². The topological polar surface area (TPSA) is 25.8 Å². The second-order valence-corrected chi connectivity index (χ2v) is 4.40. The molecule has 2 heterocycles. The Hall–Kier alpha value is -2.74. The number of nitrogens with zero attached hydrogens (tertiary/aromatic N) is 2. The van der Waals surface area contributed by atoms with Gasteiger partial charge in [-0.2, -0.15) is 0 Å². The van der Waals surface area contributed by atoms with Crippen LogP contribution in [0.1, 0.15) is 11.1 Å². The van der Waals surface area contributed by atoms with Crippen molar-refractivity contribution in [3.05, 3.63) is 84.2 Å². The molecule has 2 aromatic heterocycles. The molecule has 0 saturated carbocycles. The molecule has 0 aliphatic carbocycles. The molecule has 3 rings (SSSR count). The van der Waals surface area contributed by atoms with Crippen molar-refractivity contribution < 1.29 is 0 Å². The summed E-state index contributed by atoms with van der Waals surface area (Å²) >= 11 is 0. The summed E-state index contributed by atoms with van der Waals surface area (Å²) in [7, 11) is 0. The van der Waals surface area contributed by atoms with E-state index < -0.39 is 0 Å². The zero-order chi connectivity index (χ0) is 13.6. The third kappa shape index (κ3) is 2.81. The molecule has 0 fully saturated rings. The van der Waals surface area contributed by atoms with E-state index in [-0.39, 0.29) is 0 Å². The first kappa shape index (κ1) is 12.3. The smallest absolute Gasteiger partial charge is 0.0958 e. The van der Waals surface area contributed by atoms with Crippen molar-refractivity contribution in [1.82, 2.24) is 9.97 Å². The maximum atomic E-state index is 4.45. The van der Waals surface area contributed by atoms with Crippen LogP contribution in [0.25, 0.3) is 23.5 Å². The van der Waals surface area contributed by atoms with Crippen molar-refractivity contribution in [2.75, 3.05) is 0 Å². The monoisotopic (exact) mass is 258 g/mol. The molecule has 0 amide bonds. The van der Waals surface area contributed by atoms with Crippen LogP contribution in [0, 0.1) is 0 Å². The maximum Gasteiger partial charge on any atom is 0.0958 e. The van der Waals surface area contributed by atoms with Crippen LogP contribution < -0.4 is 0 Å². The van der Waals surface area contributed by atoms with Crippen molar-refractivity contribution in [2.24, 2.45) is 0 Å². The zero-order valence-electron chi connectivity index (χ0n) is 11.0. The van der Waals surface area contributed by atoms with E-state index in [9.17, 15) is 0 Å². The van der Waals surface area contributed by atoms with Gasteiger partial charge in [0.05, 0.1) is 11.4 Å². The molecule has 0 aliphatic rings. The van der Waals surface area contributed by atoms with E-state index in [1.807, 2.05) is 42.5 Å². The minimum atomic E-state index is 0.890. The van der Waals surface area contributed by atoms with Gasteiger partial charge in [-0.15, -0.1) is 0 Å². The molecule has 0 radical (unpaired) electrons. The first-order chi connectivity index (χ1) is 9.93.